The van der Waals surface area contributed by atoms with Crippen molar-refractivity contribution >= 4 is 28.5 Å². The summed E-state index contributed by atoms with van der Waals surface area (Å²) in [5, 5.41) is 11.6. The number of nitrogens with one attached hydrogen (secondary N) is 1. The zero-order valence-electron chi connectivity index (χ0n) is 9.79. The van der Waals surface area contributed by atoms with Gasteiger partial charge in [0, 0.05) is 16.5 Å². The number of aryl methyl sites for hydroxylation is 1. The summed E-state index contributed by atoms with van der Waals surface area (Å²) in [5.41, 5.74) is 1.83. The van der Waals surface area contributed by atoms with Crippen molar-refractivity contribution in [1.29, 1.82) is 5.26 Å². The Morgan fingerprint density at radius 1 is 1.53 bits per heavy atom. The van der Waals surface area contributed by atoms with Crippen LogP contribution in [0.15, 0.2) is 18.2 Å². The maximum Gasteiger partial charge on any atom is 0.219 e. The van der Waals surface area contributed by atoms with Crippen molar-refractivity contribution in [3.05, 3.63) is 32.9 Å². The highest BCUT2D eigenvalue weighted by molar-refractivity contribution is 14.1. The van der Waals surface area contributed by atoms with Gasteiger partial charge in [0.25, 0.3) is 0 Å². The molecule has 1 N–H and O–H groups in total. The average Bonchev–Trinajstić information content (AvgIpc) is 2.32. The predicted molar refractivity (Wildman–Crippen MR) is 75.5 cm³/mol. The van der Waals surface area contributed by atoms with Crippen LogP contribution < -0.4 is 5.32 Å². The summed E-state index contributed by atoms with van der Waals surface area (Å²) in [6.07, 6.45) is 2.20. The molecule has 0 aromatic heterocycles. The van der Waals surface area contributed by atoms with Gasteiger partial charge >= 0.3 is 0 Å². The molecule has 1 aromatic rings. The van der Waals surface area contributed by atoms with Crippen molar-refractivity contribution in [3.8, 4) is 6.07 Å². The lowest BCUT2D eigenvalue weighted by Gasteiger charge is -2.05. The van der Waals surface area contributed by atoms with Gasteiger partial charge in [0.2, 0.25) is 5.91 Å². The normalized spacial score (nSPS) is 9.71. The summed E-state index contributed by atoms with van der Waals surface area (Å²) >= 11 is 2.26. The van der Waals surface area contributed by atoms with Gasteiger partial charge in [-0.25, -0.2) is 0 Å². The number of carbonyl (C=O) groups excluding carboxylic acids is 1. The van der Waals surface area contributed by atoms with Gasteiger partial charge < -0.3 is 5.32 Å². The maximum atomic E-state index is 11.3. The fraction of sp³-hybridized carbons (Fsp3) is 0.385. The smallest absolute Gasteiger partial charge is 0.219 e. The summed E-state index contributed by atoms with van der Waals surface area (Å²) in [4.78, 5) is 11.3. The Labute approximate surface area is 115 Å². The Morgan fingerprint density at radius 3 is 2.94 bits per heavy atom. The standard InChI is InChI=1S/C13H15IN2O/c1-2-16-13(17)5-3-4-11-8-10(9-15)6-7-12(11)14/h6-8H,2-5H2,1H3,(H,16,17). The minimum Gasteiger partial charge on any atom is -0.356 e. The quantitative estimate of drug-likeness (QED) is 0.837. The molecule has 1 amide bonds. The number of hydrogen-bond acceptors (Lipinski definition) is 2. The van der Waals surface area contributed by atoms with Crippen molar-refractivity contribution in [1.82, 2.24) is 5.32 Å². The van der Waals surface area contributed by atoms with Gasteiger partial charge in [0.05, 0.1) is 11.6 Å². The second-order valence-corrected chi connectivity index (χ2v) is 4.89. The monoisotopic (exact) mass is 342 g/mol. The molecule has 0 fully saturated rings. The highest BCUT2D eigenvalue weighted by Gasteiger charge is 2.04. The number of nitriles is 1. The van der Waals surface area contributed by atoms with E-state index in [0.717, 1.165) is 22.0 Å². The molecule has 0 aliphatic heterocycles. The minimum atomic E-state index is 0.0962. The zero-order valence-corrected chi connectivity index (χ0v) is 12.0. The van der Waals surface area contributed by atoms with Gasteiger partial charge in [-0.3, -0.25) is 4.79 Å². The Balaban J connectivity index is 2.52. The van der Waals surface area contributed by atoms with Gasteiger partial charge in [0.1, 0.15) is 0 Å². The fourth-order valence-corrected chi connectivity index (χ4v) is 2.17. The molecule has 0 aliphatic rings. The molecule has 0 bridgehead atoms. The molecule has 0 radical (unpaired) electrons. The van der Waals surface area contributed by atoms with Crippen molar-refractivity contribution in [3.63, 3.8) is 0 Å². The third-order valence-electron chi connectivity index (χ3n) is 2.40. The first-order valence-electron chi connectivity index (χ1n) is 5.62. The molecule has 0 spiro atoms. The van der Waals surface area contributed by atoms with Gasteiger partial charge in [-0.15, -0.1) is 0 Å². The van der Waals surface area contributed by atoms with E-state index in [4.69, 9.17) is 5.26 Å². The molecular weight excluding hydrogens is 327 g/mol. The number of nitrogens with zero attached hydrogens (tertiary/aromatic N) is 1. The molecule has 0 saturated heterocycles. The number of benzene rings is 1. The summed E-state index contributed by atoms with van der Waals surface area (Å²) in [6, 6.07) is 7.79. The Hall–Kier alpha value is -1.09. The van der Waals surface area contributed by atoms with Crippen LogP contribution in [0.5, 0.6) is 0 Å². The molecule has 0 atom stereocenters. The van der Waals surface area contributed by atoms with E-state index >= 15 is 0 Å². The number of halogens is 1. The van der Waals surface area contributed by atoms with Crippen LogP contribution in [0, 0.1) is 14.9 Å². The maximum absolute atomic E-state index is 11.3. The highest BCUT2D eigenvalue weighted by Crippen LogP contribution is 2.16. The first-order chi connectivity index (χ1) is 8.17. The molecule has 0 unspecified atom stereocenters. The van der Waals surface area contributed by atoms with E-state index in [1.54, 1.807) is 0 Å². The molecule has 3 nitrogen and oxygen atoms in total. The summed E-state index contributed by atoms with van der Waals surface area (Å²) in [7, 11) is 0. The Morgan fingerprint density at radius 2 is 2.29 bits per heavy atom. The molecule has 0 aliphatic carbocycles. The van der Waals surface area contributed by atoms with E-state index < -0.39 is 0 Å². The van der Waals surface area contributed by atoms with Gasteiger partial charge in [0.15, 0.2) is 0 Å². The SMILES string of the molecule is CCNC(=O)CCCc1cc(C#N)ccc1I. The van der Waals surface area contributed by atoms with Gasteiger partial charge in [-0.1, -0.05) is 0 Å². The van der Waals surface area contributed by atoms with E-state index in [0.29, 0.717) is 18.5 Å². The average molecular weight is 342 g/mol. The number of carbonyl (C=O) groups is 1. The van der Waals surface area contributed by atoms with E-state index in [9.17, 15) is 4.79 Å². The van der Waals surface area contributed by atoms with Crippen LogP contribution in [0.2, 0.25) is 0 Å². The number of amides is 1. The molecule has 0 heterocycles. The minimum absolute atomic E-state index is 0.0962. The third kappa shape index (κ3) is 4.73. The molecule has 1 rings (SSSR count). The highest BCUT2D eigenvalue weighted by atomic mass is 127. The predicted octanol–water partition coefficient (Wildman–Crippen LogP) is 2.62. The van der Waals surface area contributed by atoms with Gasteiger partial charge in [-0.2, -0.15) is 5.26 Å². The van der Waals surface area contributed by atoms with Crippen LogP contribution in [-0.4, -0.2) is 12.5 Å². The zero-order chi connectivity index (χ0) is 12.7. The Bertz CT molecular complexity index is 438. The molecule has 1 aromatic carbocycles. The van der Waals surface area contributed by atoms with Crippen LogP contribution in [0.3, 0.4) is 0 Å². The topological polar surface area (TPSA) is 52.9 Å². The lowest BCUT2D eigenvalue weighted by Crippen LogP contribution is -2.22. The second-order valence-electron chi connectivity index (χ2n) is 3.73. The van der Waals surface area contributed by atoms with Gasteiger partial charge in [-0.05, 0) is 66.1 Å². The van der Waals surface area contributed by atoms with Crippen LogP contribution in [0.25, 0.3) is 0 Å². The largest absolute Gasteiger partial charge is 0.356 e. The van der Waals surface area contributed by atoms with E-state index in [1.807, 2.05) is 25.1 Å². The number of rotatable bonds is 5. The third-order valence-corrected chi connectivity index (χ3v) is 3.45. The number of hydrogen-bond donors (Lipinski definition) is 1. The van der Waals surface area contributed by atoms with E-state index in [-0.39, 0.29) is 5.91 Å². The molecule has 0 saturated carbocycles. The first-order valence-corrected chi connectivity index (χ1v) is 6.70. The summed E-state index contributed by atoms with van der Waals surface area (Å²) in [6.45, 7) is 2.59. The Kier molecular flexibility index (Phi) is 5.98. The van der Waals surface area contributed by atoms with E-state index in [1.165, 1.54) is 0 Å². The first kappa shape index (κ1) is 14.0. The van der Waals surface area contributed by atoms with Crippen LogP contribution in [0.1, 0.15) is 30.9 Å². The summed E-state index contributed by atoms with van der Waals surface area (Å²) < 4.78 is 1.15. The van der Waals surface area contributed by atoms with Crippen molar-refractivity contribution in [2.75, 3.05) is 6.54 Å². The van der Waals surface area contributed by atoms with Crippen LogP contribution in [-0.2, 0) is 11.2 Å². The molecule has 17 heavy (non-hydrogen) atoms. The lowest BCUT2D eigenvalue weighted by atomic mass is 10.1. The van der Waals surface area contributed by atoms with Crippen molar-refractivity contribution < 1.29 is 4.79 Å². The van der Waals surface area contributed by atoms with Crippen LogP contribution >= 0.6 is 22.6 Å². The van der Waals surface area contributed by atoms with Crippen molar-refractivity contribution in [2.24, 2.45) is 0 Å². The molecule has 90 valence electrons. The fourth-order valence-electron chi connectivity index (χ4n) is 1.56. The van der Waals surface area contributed by atoms with Crippen LogP contribution in [0.4, 0.5) is 0 Å². The lowest BCUT2D eigenvalue weighted by molar-refractivity contribution is -0.121. The molecule has 4 heteroatoms. The molecular formula is C13H15IN2O. The summed E-state index contributed by atoms with van der Waals surface area (Å²) in [5.74, 6) is 0.0962. The van der Waals surface area contributed by atoms with Crippen molar-refractivity contribution in [2.45, 2.75) is 26.2 Å². The second kappa shape index (κ2) is 7.28. The van der Waals surface area contributed by atoms with E-state index in [2.05, 4.69) is 34.0 Å².